The van der Waals surface area contributed by atoms with Crippen molar-refractivity contribution in [3.63, 3.8) is 0 Å². The van der Waals surface area contributed by atoms with E-state index in [1.807, 2.05) is 19.9 Å². The summed E-state index contributed by atoms with van der Waals surface area (Å²) in [6.45, 7) is 9.10. The lowest BCUT2D eigenvalue weighted by Gasteiger charge is -2.29. The van der Waals surface area contributed by atoms with E-state index in [0.717, 1.165) is 0 Å². The molecule has 10 nitrogen and oxygen atoms in total. The van der Waals surface area contributed by atoms with Gasteiger partial charge in [-0.25, -0.2) is 9.59 Å². The van der Waals surface area contributed by atoms with Gasteiger partial charge in [-0.15, -0.1) is 0 Å². The van der Waals surface area contributed by atoms with Gasteiger partial charge in [0.25, 0.3) is 0 Å². The van der Waals surface area contributed by atoms with Crippen LogP contribution in [0.3, 0.4) is 0 Å². The summed E-state index contributed by atoms with van der Waals surface area (Å²) in [7, 11) is 2.96. The molecule has 0 bridgehead atoms. The van der Waals surface area contributed by atoms with Crippen molar-refractivity contribution in [2.24, 2.45) is 5.92 Å². The summed E-state index contributed by atoms with van der Waals surface area (Å²) >= 11 is 0. The zero-order valence-corrected chi connectivity index (χ0v) is 25.9. The van der Waals surface area contributed by atoms with Crippen molar-refractivity contribution in [3.05, 3.63) is 71.3 Å². The van der Waals surface area contributed by atoms with E-state index in [1.54, 1.807) is 63.3 Å². The van der Waals surface area contributed by atoms with Crippen LogP contribution in [0.15, 0.2) is 54.6 Å². The first-order chi connectivity index (χ1) is 20.4. The Kier molecular flexibility index (Phi) is 12.1. The molecule has 0 saturated carbocycles. The molecule has 236 valence electrons. The van der Waals surface area contributed by atoms with E-state index < -0.39 is 42.1 Å². The van der Waals surface area contributed by atoms with Crippen molar-refractivity contribution >= 4 is 11.9 Å². The summed E-state index contributed by atoms with van der Waals surface area (Å²) in [6.07, 6.45) is 1.80. The average Bonchev–Trinajstić information content (AvgIpc) is 3.27. The minimum absolute atomic E-state index is 0.0356. The smallest absolute Gasteiger partial charge is 0.339 e. The minimum atomic E-state index is -1.13. The van der Waals surface area contributed by atoms with E-state index >= 15 is 0 Å². The van der Waals surface area contributed by atoms with Crippen molar-refractivity contribution in [2.75, 3.05) is 21.0 Å². The molecule has 1 heterocycles. The third-order valence-electron chi connectivity index (χ3n) is 7.44. The number of carboxylic acids is 1. The number of carbonyl (C=O) groups excluding carboxylic acids is 1. The van der Waals surface area contributed by atoms with Crippen LogP contribution in [-0.4, -0.2) is 73.4 Å². The molecule has 3 rings (SSSR count). The fourth-order valence-corrected chi connectivity index (χ4v) is 5.15. The van der Waals surface area contributed by atoms with Crippen LogP contribution in [0, 0.1) is 5.92 Å². The Morgan fingerprint density at radius 2 is 1.77 bits per heavy atom. The van der Waals surface area contributed by atoms with Crippen molar-refractivity contribution < 1.29 is 48.2 Å². The van der Waals surface area contributed by atoms with Crippen LogP contribution in [0.1, 0.15) is 79.7 Å². The fraction of sp³-hybridized carbons (Fsp3) is 0.515. The maximum Gasteiger partial charge on any atom is 0.339 e. The van der Waals surface area contributed by atoms with Crippen LogP contribution in [0.5, 0.6) is 11.5 Å². The summed E-state index contributed by atoms with van der Waals surface area (Å²) < 4.78 is 34.6. The molecular weight excluding hydrogens is 556 g/mol. The number of esters is 1. The molecule has 0 amide bonds. The predicted molar refractivity (Wildman–Crippen MR) is 160 cm³/mol. The average molecular weight is 601 g/mol. The molecule has 6 atom stereocenters. The fourth-order valence-electron chi connectivity index (χ4n) is 5.15. The van der Waals surface area contributed by atoms with E-state index in [2.05, 4.69) is 0 Å². The number of hydrogen-bond donors (Lipinski definition) is 2. The number of benzene rings is 2. The Morgan fingerprint density at radius 3 is 2.37 bits per heavy atom. The quantitative estimate of drug-likeness (QED) is 0.152. The number of aliphatic hydroxyl groups excluding tert-OH is 1. The van der Waals surface area contributed by atoms with Gasteiger partial charge in [0.05, 0.1) is 24.9 Å². The molecule has 2 aromatic rings. The van der Waals surface area contributed by atoms with E-state index in [-0.39, 0.29) is 29.9 Å². The second-order valence-corrected chi connectivity index (χ2v) is 11.3. The summed E-state index contributed by atoms with van der Waals surface area (Å²) in [6, 6.07) is 11.9. The van der Waals surface area contributed by atoms with Gasteiger partial charge in [-0.3, -0.25) is 0 Å². The lowest BCUT2D eigenvalue weighted by Crippen LogP contribution is -2.38. The van der Waals surface area contributed by atoms with Gasteiger partial charge in [-0.05, 0) is 75.3 Å². The lowest BCUT2D eigenvalue weighted by atomic mass is 9.81. The summed E-state index contributed by atoms with van der Waals surface area (Å²) in [5.41, 5.74) is 0.983. The van der Waals surface area contributed by atoms with Crippen molar-refractivity contribution in [1.82, 2.24) is 0 Å². The molecule has 2 aromatic carbocycles. The van der Waals surface area contributed by atoms with Gasteiger partial charge in [0.15, 0.2) is 12.6 Å². The molecule has 1 aliphatic heterocycles. The zero-order valence-electron chi connectivity index (χ0n) is 25.9. The van der Waals surface area contributed by atoms with E-state index in [0.29, 0.717) is 29.7 Å². The molecule has 1 saturated heterocycles. The molecule has 2 unspecified atom stereocenters. The topological polar surface area (TPSA) is 130 Å². The third-order valence-corrected chi connectivity index (χ3v) is 7.44. The Morgan fingerprint density at radius 1 is 1.07 bits per heavy atom. The number of ether oxygens (including phenoxy) is 6. The summed E-state index contributed by atoms with van der Waals surface area (Å²) in [4.78, 5) is 25.5. The molecule has 0 radical (unpaired) electrons. The number of methoxy groups -OCH3 is 2. The van der Waals surface area contributed by atoms with E-state index in [4.69, 9.17) is 28.4 Å². The minimum Gasteiger partial charge on any atom is -0.497 e. The Bertz CT molecular complexity index is 1240. The number of hydrogen-bond acceptors (Lipinski definition) is 9. The largest absolute Gasteiger partial charge is 0.497 e. The van der Waals surface area contributed by atoms with Crippen LogP contribution >= 0.6 is 0 Å². The van der Waals surface area contributed by atoms with Gasteiger partial charge >= 0.3 is 11.9 Å². The van der Waals surface area contributed by atoms with Gasteiger partial charge in [0.2, 0.25) is 0 Å². The number of rotatable bonds is 15. The highest BCUT2D eigenvalue weighted by atomic mass is 16.8. The SMILES string of the molecule is COCOc1cc(OC)cc(C(C)[C@@H](C)C[C@@H]2OC(C)(C)O[C@@H]2C(/C=C\C[C@H](C)O)OC(=O)c2ccccc2)c1C(=O)O. The second kappa shape index (κ2) is 15.3. The lowest BCUT2D eigenvalue weighted by molar-refractivity contribution is -0.153. The molecular formula is C33H44O10. The molecule has 2 N–H and O–H groups in total. The van der Waals surface area contributed by atoms with Crippen molar-refractivity contribution in [1.29, 1.82) is 0 Å². The number of carboxylic acid groups (broad SMARTS) is 1. The first kappa shape index (κ1) is 34.1. The van der Waals surface area contributed by atoms with Gasteiger partial charge in [0, 0.05) is 13.2 Å². The highest BCUT2D eigenvalue weighted by Gasteiger charge is 2.47. The summed E-state index contributed by atoms with van der Waals surface area (Å²) in [5, 5.41) is 19.9. The van der Waals surface area contributed by atoms with Crippen molar-refractivity contribution in [2.45, 2.75) is 83.6 Å². The highest BCUT2D eigenvalue weighted by Crippen LogP contribution is 2.41. The van der Waals surface area contributed by atoms with E-state index in [9.17, 15) is 19.8 Å². The zero-order chi connectivity index (χ0) is 31.7. The van der Waals surface area contributed by atoms with E-state index in [1.165, 1.54) is 20.3 Å². The molecule has 10 heteroatoms. The molecule has 1 aliphatic rings. The molecule has 0 aliphatic carbocycles. The van der Waals surface area contributed by atoms with Crippen LogP contribution in [0.4, 0.5) is 0 Å². The first-order valence-corrected chi connectivity index (χ1v) is 14.4. The van der Waals surface area contributed by atoms with Crippen LogP contribution in [0.25, 0.3) is 0 Å². The molecule has 43 heavy (non-hydrogen) atoms. The number of aliphatic hydroxyl groups is 1. The van der Waals surface area contributed by atoms with Gasteiger partial charge in [0.1, 0.15) is 29.3 Å². The Hall–Kier alpha value is -3.44. The normalized spacial score (nSPS) is 20.7. The number of aromatic carboxylic acids is 1. The van der Waals surface area contributed by atoms with Gasteiger partial charge < -0.3 is 38.6 Å². The Labute approximate surface area is 253 Å². The Balaban J connectivity index is 1.92. The number of carbonyl (C=O) groups is 2. The van der Waals surface area contributed by atoms with Crippen molar-refractivity contribution in [3.8, 4) is 11.5 Å². The van der Waals surface area contributed by atoms with Crippen LogP contribution in [0.2, 0.25) is 0 Å². The standard InChI is InChI=1S/C33H44O10/c1-20(22(3)25-17-24(39-7)18-27(40-19-38-6)29(25)31(35)36)16-28-30(43-33(4,5)42-28)26(15-11-12-21(2)34)41-32(37)23-13-9-8-10-14-23/h8-11,13-15,17-18,20-22,26,28,30,34H,12,16,19H2,1-7H3,(H,35,36)/b15-11-/t20-,21-,22?,26?,28-,30+/m0/s1. The monoisotopic (exact) mass is 600 g/mol. The maximum atomic E-state index is 13.1. The summed E-state index contributed by atoms with van der Waals surface area (Å²) in [5.74, 6) is -2.37. The molecule has 0 aromatic heterocycles. The van der Waals surface area contributed by atoms with Gasteiger partial charge in [-0.1, -0.05) is 38.1 Å². The second-order valence-electron chi connectivity index (χ2n) is 11.3. The third kappa shape index (κ3) is 9.27. The first-order valence-electron chi connectivity index (χ1n) is 14.4. The maximum absolute atomic E-state index is 13.1. The van der Waals surface area contributed by atoms with Crippen LogP contribution in [-0.2, 0) is 18.9 Å². The molecule has 1 fully saturated rings. The van der Waals surface area contributed by atoms with Crippen LogP contribution < -0.4 is 9.47 Å². The predicted octanol–water partition coefficient (Wildman–Crippen LogP) is 5.58. The molecule has 0 spiro atoms. The highest BCUT2D eigenvalue weighted by molar-refractivity contribution is 5.93. The van der Waals surface area contributed by atoms with Gasteiger partial charge in [-0.2, -0.15) is 0 Å².